The summed E-state index contributed by atoms with van der Waals surface area (Å²) < 4.78 is 58.4. The molecule has 1 N–H and O–H groups in total. The fraction of sp³-hybridized carbons (Fsp3) is 0.421. The second kappa shape index (κ2) is 8.71. The smallest absolute Gasteiger partial charge is 0.431 e. The molecule has 33 heavy (non-hydrogen) atoms. The molecule has 0 aliphatic heterocycles. The number of ether oxygens (including phenoxy) is 1. The van der Waals surface area contributed by atoms with Crippen molar-refractivity contribution >= 4 is 33.9 Å². The third-order valence-corrected chi connectivity index (χ3v) is 6.21. The molecule has 0 bridgehead atoms. The molecule has 1 aromatic heterocycles. The lowest BCUT2D eigenvalue weighted by Crippen LogP contribution is -2.59. The molecule has 3 atom stereocenters. The maximum Gasteiger partial charge on any atom is 0.431 e. The molecule has 0 saturated heterocycles. The van der Waals surface area contributed by atoms with Crippen molar-refractivity contribution in [3.05, 3.63) is 50.1 Å². The number of hydrogen-bond donors (Lipinski definition) is 1. The van der Waals surface area contributed by atoms with Gasteiger partial charge in [0.1, 0.15) is 24.4 Å². The third-order valence-electron chi connectivity index (χ3n) is 5.20. The largest absolute Gasteiger partial charge is 0.479 e. The molecule has 0 saturated carbocycles. The molecular weight excluding hydrogens is 522 g/mol. The first-order chi connectivity index (χ1) is 15.1. The number of aldehydes is 1. The Labute approximate surface area is 191 Å². The van der Waals surface area contributed by atoms with E-state index < -0.39 is 68.6 Å². The summed E-state index contributed by atoms with van der Waals surface area (Å²) in [5.41, 5.74) is -9.12. The van der Waals surface area contributed by atoms with Gasteiger partial charge in [-0.3, -0.25) is 9.36 Å². The van der Waals surface area contributed by atoms with Crippen molar-refractivity contribution in [2.75, 3.05) is 6.61 Å². The number of nitrogens with zero attached hydrogens (tertiary/aromatic N) is 3. The minimum absolute atomic E-state index is 0.00222. The minimum Gasteiger partial charge on any atom is -0.479 e. The molecule has 0 radical (unpaired) electrons. The van der Waals surface area contributed by atoms with Crippen molar-refractivity contribution < 1.29 is 37.0 Å². The van der Waals surface area contributed by atoms with E-state index in [-0.39, 0.29) is 21.5 Å². The van der Waals surface area contributed by atoms with Crippen LogP contribution in [0.4, 0.5) is 17.6 Å². The molecule has 3 unspecified atom stereocenters. The van der Waals surface area contributed by atoms with Crippen molar-refractivity contribution in [3.63, 3.8) is 0 Å². The predicted octanol–water partition coefficient (Wildman–Crippen LogP) is 2.00. The van der Waals surface area contributed by atoms with Gasteiger partial charge in [-0.15, -0.1) is 0 Å². The van der Waals surface area contributed by atoms with Crippen LogP contribution < -0.4 is 11.2 Å². The normalized spacial score (nSPS) is 24.2. The highest BCUT2D eigenvalue weighted by Crippen LogP contribution is 2.51. The lowest BCUT2D eigenvalue weighted by molar-refractivity contribution is -0.160. The van der Waals surface area contributed by atoms with Crippen LogP contribution in [0.15, 0.2) is 33.1 Å². The highest BCUT2D eigenvalue weighted by Gasteiger charge is 2.60. The van der Waals surface area contributed by atoms with Gasteiger partial charge in [0.15, 0.2) is 0 Å². The van der Waals surface area contributed by atoms with Gasteiger partial charge < -0.3 is 14.6 Å². The van der Waals surface area contributed by atoms with Gasteiger partial charge in [0.2, 0.25) is 5.60 Å². The van der Waals surface area contributed by atoms with E-state index >= 15 is 4.39 Å². The number of carboxylic acids is 1. The predicted molar refractivity (Wildman–Crippen MR) is 108 cm³/mol. The molecule has 0 amide bonds. The quantitative estimate of drug-likeness (QED) is 0.333. The molecular formula is C19H16BrF4N3O6. The number of nitriles is 1. The van der Waals surface area contributed by atoms with Crippen molar-refractivity contribution in [1.82, 2.24) is 9.13 Å². The molecule has 1 aliphatic carbocycles. The second-order valence-electron chi connectivity index (χ2n) is 7.22. The van der Waals surface area contributed by atoms with Crippen LogP contribution in [0.25, 0.3) is 5.70 Å². The summed E-state index contributed by atoms with van der Waals surface area (Å²) in [6, 6.07) is 1.58. The second-order valence-corrected chi connectivity index (χ2v) is 8.80. The molecule has 178 valence electrons. The Morgan fingerprint density at radius 2 is 2.00 bits per heavy atom. The first-order valence-electron chi connectivity index (χ1n) is 9.01. The molecule has 1 heterocycles. The van der Waals surface area contributed by atoms with Gasteiger partial charge in [0.05, 0.1) is 16.1 Å². The number of alkyl halides is 4. The lowest BCUT2D eigenvalue weighted by atomic mass is 9.73. The number of aliphatic carboxylic acids is 1. The molecule has 0 aromatic carbocycles. The fourth-order valence-electron chi connectivity index (χ4n) is 3.56. The SMILES string of the molecule is CC(C=O)C1=C(F)C(n2c(=O)cc(C(F)(F)F)n(C)c2=O)=CC(OCC#N)(C(=O)O)C1(C)Br. The van der Waals surface area contributed by atoms with Crippen LogP contribution >= 0.6 is 15.9 Å². The number of aromatic nitrogens is 2. The number of rotatable bonds is 6. The highest BCUT2D eigenvalue weighted by molar-refractivity contribution is 9.10. The van der Waals surface area contributed by atoms with Crippen LogP contribution in [0.5, 0.6) is 0 Å². The van der Waals surface area contributed by atoms with Crippen molar-refractivity contribution in [2.45, 2.75) is 29.9 Å². The Kier molecular flexibility index (Phi) is 6.92. The van der Waals surface area contributed by atoms with Crippen LogP contribution in [0, 0.1) is 17.2 Å². The number of carbonyl (C=O) groups is 2. The standard InChI is InChI=1S/C19H16BrF4N3O6/c1-9(8-28)13-14(21)10(7-18(15(30)31,17(13,2)20)33-5-4-25)27-12(29)6-11(19(22,23)24)26(3)16(27)32/h6-9H,5H2,1-3H3,(H,30,31). The zero-order valence-electron chi connectivity index (χ0n) is 17.2. The number of hydrogen-bond acceptors (Lipinski definition) is 6. The van der Waals surface area contributed by atoms with Crippen molar-refractivity contribution in [3.8, 4) is 6.07 Å². The topological polar surface area (TPSA) is 131 Å². The average Bonchev–Trinajstić information content (AvgIpc) is 2.70. The Morgan fingerprint density at radius 3 is 2.45 bits per heavy atom. The van der Waals surface area contributed by atoms with Crippen molar-refractivity contribution in [1.29, 1.82) is 5.26 Å². The molecule has 1 aromatic rings. The van der Waals surface area contributed by atoms with Crippen LogP contribution in [-0.2, 0) is 27.5 Å². The average molecular weight is 538 g/mol. The van der Waals surface area contributed by atoms with Gasteiger partial charge in [0, 0.05) is 19.0 Å². The molecule has 2 rings (SSSR count). The number of carbonyl (C=O) groups excluding carboxylic acids is 1. The molecule has 14 heteroatoms. The first-order valence-corrected chi connectivity index (χ1v) is 9.80. The van der Waals surface area contributed by atoms with Gasteiger partial charge in [0.25, 0.3) is 5.56 Å². The van der Waals surface area contributed by atoms with Crippen LogP contribution in [0.3, 0.4) is 0 Å². The van der Waals surface area contributed by atoms with E-state index in [0.29, 0.717) is 13.1 Å². The van der Waals surface area contributed by atoms with Gasteiger partial charge in [-0.2, -0.15) is 18.4 Å². The van der Waals surface area contributed by atoms with Crippen LogP contribution in [0.1, 0.15) is 19.5 Å². The summed E-state index contributed by atoms with van der Waals surface area (Å²) in [6.07, 6.45) is -4.33. The molecule has 0 fully saturated rings. The Bertz CT molecular complexity index is 1240. The van der Waals surface area contributed by atoms with Gasteiger partial charge in [-0.1, -0.05) is 22.9 Å². The summed E-state index contributed by atoms with van der Waals surface area (Å²) in [4.78, 5) is 49.0. The summed E-state index contributed by atoms with van der Waals surface area (Å²) in [6.45, 7) is 1.48. The van der Waals surface area contributed by atoms with E-state index in [1.807, 2.05) is 0 Å². The van der Waals surface area contributed by atoms with Crippen molar-refractivity contribution in [2.24, 2.45) is 13.0 Å². The maximum absolute atomic E-state index is 15.7. The van der Waals surface area contributed by atoms with Gasteiger partial charge in [-0.25, -0.2) is 18.5 Å². The zero-order chi connectivity index (χ0) is 25.5. The van der Waals surface area contributed by atoms with E-state index in [4.69, 9.17) is 10.00 Å². The van der Waals surface area contributed by atoms with Crippen LogP contribution in [0.2, 0.25) is 0 Å². The number of halogens is 5. The highest BCUT2D eigenvalue weighted by atomic mass is 79.9. The van der Waals surface area contributed by atoms with E-state index in [0.717, 1.165) is 6.92 Å². The summed E-state index contributed by atoms with van der Waals surface area (Å²) in [5.74, 6) is -4.53. The Balaban J connectivity index is 3.08. The van der Waals surface area contributed by atoms with E-state index in [1.165, 1.54) is 13.0 Å². The van der Waals surface area contributed by atoms with E-state index in [2.05, 4.69) is 15.9 Å². The molecule has 0 spiro atoms. The Hall–Kier alpha value is -3.05. The van der Waals surface area contributed by atoms with Gasteiger partial charge >= 0.3 is 17.8 Å². The molecule has 9 nitrogen and oxygen atoms in total. The number of allylic oxidation sites excluding steroid dienone is 2. The summed E-state index contributed by atoms with van der Waals surface area (Å²) in [5, 5.41) is 18.8. The Morgan fingerprint density at radius 1 is 1.42 bits per heavy atom. The fourth-order valence-corrected chi connectivity index (χ4v) is 4.49. The van der Waals surface area contributed by atoms with Crippen LogP contribution in [-0.4, -0.2) is 43.0 Å². The van der Waals surface area contributed by atoms with E-state index in [9.17, 15) is 37.5 Å². The number of carboxylic acid groups (broad SMARTS) is 1. The first kappa shape index (κ1) is 26.2. The van der Waals surface area contributed by atoms with E-state index in [1.54, 1.807) is 0 Å². The third kappa shape index (κ3) is 4.06. The van der Waals surface area contributed by atoms with Gasteiger partial charge in [-0.05, 0) is 18.6 Å². The summed E-state index contributed by atoms with van der Waals surface area (Å²) >= 11 is 3.05. The zero-order valence-corrected chi connectivity index (χ0v) is 18.8. The molecule has 1 aliphatic rings. The maximum atomic E-state index is 15.7. The monoisotopic (exact) mass is 537 g/mol. The summed E-state index contributed by atoms with van der Waals surface area (Å²) in [7, 11) is 0.687. The minimum atomic E-state index is -5.09. The lowest BCUT2D eigenvalue weighted by Gasteiger charge is -2.44.